The molecule has 9 amide bonds. The Morgan fingerprint density at radius 3 is 2.23 bits per heavy atom. The number of hydrogen-bond donors (Lipinski definition) is 8. The molecule has 4 bridgehead atoms. The first kappa shape index (κ1) is 73.9. The molecular weight excluding hydrogens is 1340 g/mol. The number of primary amides is 1. The van der Waals surface area contributed by atoms with E-state index in [1.807, 2.05) is 40.8 Å². The van der Waals surface area contributed by atoms with Crippen molar-refractivity contribution in [3.05, 3.63) is 125 Å². The molecule has 9 N–H and O–H groups in total. The molecule has 2 aliphatic heterocycles. The van der Waals surface area contributed by atoms with Crippen molar-refractivity contribution in [1.29, 1.82) is 0 Å². The van der Waals surface area contributed by atoms with Crippen LogP contribution in [0.2, 0.25) is 0 Å². The number of carbonyl (C=O) groups is 10. The number of carbonyl (C=O) groups excluding carboxylic acids is 8. The smallest absolute Gasteiger partial charge is 0.409 e. The highest BCUT2D eigenvalue weighted by atomic mass is 32.1. The molecule has 0 saturated heterocycles. The van der Waals surface area contributed by atoms with E-state index in [9.17, 15) is 58.2 Å². The highest BCUT2D eigenvalue weighted by Gasteiger charge is 2.66. The van der Waals surface area contributed by atoms with Crippen molar-refractivity contribution in [2.24, 2.45) is 27.9 Å². The second-order valence-electron chi connectivity index (χ2n) is 29.2. The number of unbranched alkanes of at least 4 members (excludes halogenated alkanes) is 2. The molecule has 28 nitrogen and oxygen atoms in total. The summed E-state index contributed by atoms with van der Waals surface area (Å²) in [5.41, 5.74) is 9.59. The van der Waals surface area contributed by atoms with Crippen molar-refractivity contribution in [3.63, 3.8) is 0 Å². The van der Waals surface area contributed by atoms with Crippen LogP contribution in [0.5, 0.6) is 5.75 Å². The van der Waals surface area contributed by atoms with E-state index in [0.29, 0.717) is 94.5 Å². The number of thiazole rings is 1. The van der Waals surface area contributed by atoms with E-state index >= 15 is 0 Å². The molecule has 4 aliphatic carbocycles. The number of para-hydroxylation sites is 1. The molecule has 0 spiro atoms. The number of aliphatic carboxylic acids is 1. The van der Waals surface area contributed by atoms with Gasteiger partial charge >= 0.3 is 24.1 Å². The normalized spacial score (nSPS) is 20.7. The molecule has 3 aromatic carbocycles. The number of urea groups is 1. The van der Waals surface area contributed by atoms with Crippen molar-refractivity contribution in [3.8, 4) is 16.9 Å². The van der Waals surface area contributed by atoms with Gasteiger partial charge in [-0.05, 0) is 159 Å². The summed E-state index contributed by atoms with van der Waals surface area (Å²) in [6.07, 6.45) is 11.5. The van der Waals surface area contributed by atoms with Crippen LogP contribution in [-0.4, -0.2) is 163 Å². The topological polar surface area (TPSA) is 378 Å². The Morgan fingerprint density at radius 1 is 0.796 bits per heavy atom. The average molecular weight is 1430 g/mol. The number of fused-ring (bicyclic) bond motifs is 2. The molecule has 29 heteroatoms. The van der Waals surface area contributed by atoms with Crippen LogP contribution in [0.4, 0.5) is 26.2 Å². The SMILES string of the molecule is Cc1c(-c2ccc(N3CCc4c(OCC(=O)O)ccc(C(=O)Nc5nc6ccccc6s5)c4C3)nc2C(=O)O)cnn1CC12CC3(C)CC(C)(C1)CC(OCCN(C)C(=O)OCc1ccc(NC(=O)[C@H](CCCNC(N)=O)NC(=O)[C@@H](NC(=O)CCCCCN4C(=O)C=CC4=O)C(C)C)cc1)(C3)C2. The Morgan fingerprint density at radius 2 is 1.53 bits per heavy atom. The summed E-state index contributed by atoms with van der Waals surface area (Å²) < 4.78 is 21.3. The molecule has 0 radical (unpaired) electrons. The number of rotatable bonds is 32. The Kier molecular flexibility index (Phi) is 22.3. The number of carboxylic acid groups (broad SMARTS) is 2. The number of carboxylic acids is 2. The lowest BCUT2D eigenvalue weighted by atomic mass is 9.39. The molecule has 12 rings (SSSR count). The lowest BCUT2D eigenvalue weighted by molar-refractivity contribution is -0.248. The second-order valence-corrected chi connectivity index (χ2v) is 30.2. The average Bonchev–Trinajstić information content (AvgIpc) is 0.728. The number of imide groups is 1. The predicted octanol–water partition coefficient (Wildman–Crippen LogP) is 8.74. The zero-order chi connectivity index (χ0) is 73.5. The monoisotopic (exact) mass is 1430 g/mol. The van der Waals surface area contributed by atoms with Gasteiger partial charge < -0.3 is 61.2 Å². The van der Waals surface area contributed by atoms with Gasteiger partial charge in [-0.25, -0.2) is 29.1 Å². The quantitative estimate of drug-likeness (QED) is 0.0144. The Hall–Kier alpha value is -10.3. The van der Waals surface area contributed by atoms with Crippen LogP contribution >= 0.6 is 11.3 Å². The number of likely N-dealkylation sites (N-methyl/N-ethyl adjacent to an activating group) is 1. The number of nitrogens with two attached hydrogens (primary N) is 1. The first-order valence-corrected chi connectivity index (χ1v) is 35.7. The van der Waals surface area contributed by atoms with E-state index in [0.717, 1.165) is 59.3 Å². The molecule has 4 saturated carbocycles. The standard InChI is InChI=1S/C74H89N13O15S/c1-44(2)62(82-58(88)16-8-7-11-29-86-59(89)25-26-60(86)90)66(95)79-54(14-12-28-76-68(75)98)65(94)78-47-19-17-46(18-20-47)35-101-70(99)84(6)31-32-102-74-40-71(4)37-72(5,41-74)39-73(38-71,42-74)43-87-45(3)51(33-77-87)49-22-24-57(81-63(49)67(96)97)85-30-27-48-52(34-85)50(21-23-55(48)100-36-61(91)92)64(93)83-69-80-53-13-9-10-15-56(53)103-69/h9-10,13,15,17-26,33,44,54,62H,7-8,11-12,14,16,27-32,34-43H2,1-6H3,(H,78,94)(H,79,95)(H,82,88)(H,91,92)(H,96,97)(H3,75,76,98)(H,80,83,93)/t54-,62-,71?,72?,73?,74?/m0/s1. The summed E-state index contributed by atoms with van der Waals surface area (Å²) in [5, 5.41) is 39.4. The third-order valence-corrected chi connectivity index (χ3v) is 21.2. The van der Waals surface area contributed by atoms with Gasteiger partial charge in [0.2, 0.25) is 17.7 Å². The van der Waals surface area contributed by atoms with Crippen LogP contribution in [-0.2, 0) is 64.4 Å². The number of ether oxygens (including phenoxy) is 3. The number of aromatic nitrogens is 4. The third kappa shape index (κ3) is 17.6. The van der Waals surface area contributed by atoms with Gasteiger partial charge in [-0.1, -0.05) is 69.7 Å². The number of benzene rings is 3. The third-order valence-electron chi connectivity index (χ3n) is 20.2. The maximum atomic E-state index is 14.0. The van der Waals surface area contributed by atoms with Crippen molar-refractivity contribution in [2.45, 2.75) is 155 Å². The molecule has 103 heavy (non-hydrogen) atoms. The van der Waals surface area contributed by atoms with Gasteiger partial charge in [-0.3, -0.25) is 43.7 Å². The van der Waals surface area contributed by atoms with E-state index in [2.05, 4.69) is 45.4 Å². The molecule has 6 aromatic rings. The van der Waals surface area contributed by atoms with Gasteiger partial charge in [0.15, 0.2) is 17.4 Å². The number of aromatic carboxylic acids is 1. The minimum absolute atomic E-state index is 0.0269. The van der Waals surface area contributed by atoms with E-state index < -0.39 is 66.1 Å². The van der Waals surface area contributed by atoms with Crippen LogP contribution in [0.15, 0.2) is 91.1 Å². The van der Waals surface area contributed by atoms with Gasteiger partial charge in [-0.2, -0.15) is 5.10 Å². The summed E-state index contributed by atoms with van der Waals surface area (Å²) in [5.74, 6) is -4.63. The lowest BCUT2D eigenvalue weighted by Crippen LogP contribution is -2.64. The van der Waals surface area contributed by atoms with Crippen LogP contribution in [0.1, 0.15) is 148 Å². The van der Waals surface area contributed by atoms with Gasteiger partial charge in [0.25, 0.3) is 17.7 Å². The second kappa shape index (κ2) is 31.1. The van der Waals surface area contributed by atoms with Crippen molar-refractivity contribution in [2.75, 3.05) is 62.0 Å². The Labute approximate surface area is 599 Å². The Balaban J connectivity index is 0.679. The fraction of sp³-hybridized carbons (Fsp3) is 0.473. The number of hydrogen-bond acceptors (Lipinski definition) is 18. The minimum atomic E-state index is -1.22. The molecule has 4 fully saturated rings. The maximum Gasteiger partial charge on any atom is 0.409 e. The van der Waals surface area contributed by atoms with E-state index in [4.69, 9.17) is 30.0 Å². The lowest BCUT2D eigenvalue weighted by Gasteiger charge is -2.69. The number of amides is 9. The van der Waals surface area contributed by atoms with Gasteiger partial charge in [0.1, 0.15) is 30.3 Å². The number of nitrogens with zero attached hydrogens (tertiary/aromatic N) is 7. The van der Waals surface area contributed by atoms with Gasteiger partial charge in [-0.15, -0.1) is 0 Å². The molecule has 3 aromatic heterocycles. The Bertz CT molecular complexity index is 4230. The largest absolute Gasteiger partial charge is 0.482 e. The highest BCUT2D eigenvalue weighted by molar-refractivity contribution is 7.22. The molecule has 2 unspecified atom stereocenters. The van der Waals surface area contributed by atoms with Crippen LogP contribution < -0.4 is 42.0 Å². The summed E-state index contributed by atoms with van der Waals surface area (Å²) in [7, 11) is 1.66. The number of pyridine rings is 1. The molecule has 6 aliphatic rings. The minimum Gasteiger partial charge on any atom is -0.482 e. The van der Waals surface area contributed by atoms with E-state index in [1.165, 1.54) is 28.4 Å². The van der Waals surface area contributed by atoms with Crippen LogP contribution in [0.25, 0.3) is 21.3 Å². The van der Waals surface area contributed by atoms with Crippen molar-refractivity contribution in [1.82, 2.24) is 45.5 Å². The molecular formula is C74H89N13O15S. The summed E-state index contributed by atoms with van der Waals surface area (Å²) in [6, 6.07) is 18.2. The number of anilines is 3. The zero-order valence-corrected chi connectivity index (χ0v) is 59.6. The summed E-state index contributed by atoms with van der Waals surface area (Å²) in [6.45, 7) is 11.6. The summed E-state index contributed by atoms with van der Waals surface area (Å²) in [4.78, 5) is 142. The molecule has 5 heterocycles. The molecule has 546 valence electrons. The zero-order valence-electron chi connectivity index (χ0n) is 58.8. The van der Waals surface area contributed by atoms with E-state index in [-0.39, 0.29) is 104 Å². The van der Waals surface area contributed by atoms with E-state index in [1.54, 1.807) is 75.6 Å². The first-order valence-electron chi connectivity index (χ1n) is 34.9. The fourth-order valence-electron chi connectivity index (χ4n) is 16.6. The van der Waals surface area contributed by atoms with Crippen molar-refractivity contribution < 1.29 is 72.4 Å². The van der Waals surface area contributed by atoms with Crippen LogP contribution in [0, 0.1) is 29.1 Å². The predicted molar refractivity (Wildman–Crippen MR) is 382 cm³/mol. The fourth-order valence-corrected chi connectivity index (χ4v) is 17.5. The molecule has 4 atom stereocenters. The summed E-state index contributed by atoms with van der Waals surface area (Å²) >= 11 is 1.34. The van der Waals surface area contributed by atoms with Crippen LogP contribution in [0.3, 0.4) is 0 Å². The van der Waals surface area contributed by atoms with Gasteiger partial charge in [0.05, 0.1) is 28.6 Å². The maximum absolute atomic E-state index is 14.0. The number of nitrogens with one attached hydrogen (secondary N) is 5. The van der Waals surface area contributed by atoms with Crippen molar-refractivity contribution >= 4 is 97.7 Å². The highest BCUT2D eigenvalue weighted by Crippen LogP contribution is 2.72. The van der Waals surface area contributed by atoms with Gasteiger partial charge in [0, 0.05) is 98.5 Å². The first-order chi connectivity index (χ1) is 49.1.